The molecule has 0 aromatic carbocycles. The van der Waals surface area contributed by atoms with Crippen LogP contribution in [0.5, 0.6) is 0 Å². The van der Waals surface area contributed by atoms with Gasteiger partial charge >= 0.3 is 0 Å². The van der Waals surface area contributed by atoms with Gasteiger partial charge in [0.05, 0.1) is 19.4 Å². The quantitative estimate of drug-likeness (QED) is 0.740. The lowest BCUT2D eigenvalue weighted by Crippen LogP contribution is -2.60. The summed E-state index contributed by atoms with van der Waals surface area (Å²) < 4.78 is 30.2. The van der Waals surface area contributed by atoms with Crippen LogP contribution in [0.1, 0.15) is 19.8 Å². The van der Waals surface area contributed by atoms with E-state index in [1.165, 1.54) is 4.31 Å². The lowest BCUT2D eigenvalue weighted by Gasteiger charge is -2.39. The van der Waals surface area contributed by atoms with Crippen LogP contribution < -0.4 is 5.32 Å². The summed E-state index contributed by atoms with van der Waals surface area (Å²) in [6.45, 7) is 4.19. The van der Waals surface area contributed by atoms with E-state index in [9.17, 15) is 13.2 Å². The molecule has 7 nitrogen and oxygen atoms in total. The zero-order valence-electron chi connectivity index (χ0n) is 13.0. The molecule has 0 spiro atoms. The smallest absolute Gasteiger partial charge is 0.253 e. The first kappa shape index (κ1) is 16.7. The van der Waals surface area contributed by atoms with Crippen LogP contribution in [0.2, 0.25) is 0 Å². The normalized spacial score (nSPS) is 30.2. The first-order valence-corrected chi connectivity index (χ1v) is 9.14. The molecule has 122 valence electrons. The predicted molar refractivity (Wildman–Crippen MR) is 79.4 cm³/mol. The molecule has 1 N–H and O–H groups in total. The minimum Gasteiger partial charge on any atom is -0.363 e. The molecule has 2 saturated heterocycles. The highest BCUT2D eigenvalue weighted by atomic mass is 32.2. The van der Waals surface area contributed by atoms with Crippen molar-refractivity contribution in [3.63, 3.8) is 0 Å². The first-order chi connectivity index (χ1) is 9.71. The van der Waals surface area contributed by atoms with Gasteiger partial charge in [0.25, 0.3) is 5.91 Å². The Morgan fingerprint density at radius 1 is 1.29 bits per heavy atom. The van der Waals surface area contributed by atoms with Crippen molar-refractivity contribution in [2.45, 2.75) is 31.4 Å². The van der Waals surface area contributed by atoms with E-state index in [4.69, 9.17) is 4.74 Å². The number of carbonyl (C=O) groups excluding carboxylic acids is 1. The van der Waals surface area contributed by atoms with Crippen molar-refractivity contribution in [1.82, 2.24) is 14.5 Å². The maximum atomic E-state index is 12.5. The highest BCUT2D eigenvalue weighted by molar-refractivity contribution is 7.88. The summed E-state index contributed by atoms with van der Waals surface area (Å²) in [6, 6.07) is 0.141. The molecular formula is C13H25N3O4S. The number of sulfonamides is 1. The average molecular weight is 319 g/mol. The molecule has 8 heteroatoms. The molecule has 0 aromatic rings. The third kappa shape index (κ3) is 4.15. The highest BCUT2D eigenvalue weighted by Gasteiger charge is 2.42. The number of nitrogens with one attached hydrogen (secondary N) is 1. The van der Waals surface area contributed by atoms with Gasteiger partial charge in [-0.25, -0.2) is 8.42 Å². The Balaban J connectivity index is 1.97. The van der Waals surface area contributed by atoms with Crippen molar-refractivity contribution in [2.24, 2.45) is 0 Å². The number of morpholine rings is 1. The first-order valence-electron chi connectivity index (χ1n) is 7.29. The predicted octanol–water partition coefficient (Wildman–Crippen LogP) is -0.753. The second kappa shape index (κ2) is 6.20. The Kier molecular flexibility index (Phi) is 4.92. The number of nitrogens with zero attached hydrogens (tertiary/aromatic N) is 2. The van der Waals surface area contributed by atoms with Gasteiger partial charge in [-0.2, -0.15) is 4.31 Å². The summed E-state index contributed by atoms with van der Waals surface area (Å²) in [7, 11) is -1.24. The second-order valence-corrected chi connectivity index (χ2v) is 8.21. The summed E-state index contributed by atoms with van der Waals surface area (Å²) in [5, 5.41) is 3.01. The number of rotatable bonds is 3. The molecule has 0 saturated carbocycles. The van der Waals surface area contributed by atoms with Gasteiger partial charge in [0.1, 0.15) is 0 Å². The van der Waals surface area contributed by atoms with E-state index in [2.05, 4.69) is 17.3 Å². The molecule has 1 amide bonds. The summed E-state index contributed by atoms with van der Waals surface area (Å²) in [4.78, 5) is 14.7. The minimum absolute atomic E-state index is 0.0737. The number of amides is 1. The van der Waals surface area contributed by atoms with E-state index in [-0.39, 0.29) is 25.1 Å². The molecule has 2 fully saturated rings. The van der Waals surface area contributed by atoms with Crippen LogP contribution in [0.15, 0.2) is 0 Å². The lowest BCUT2D eigenvalue weighted by molar-refractivity contribution is -0.153. The van der Waals surface area contributed by atoms with Crippen molar-refractivity contribution < 1.29 is 17.9 Å². The molecule has 2 aliphatic rings. The van der Waals surface area contributed by atoms with E-state index in [0.29, 0.717) is 6.54 Å². The number of carbonyl (C=O) groups is 1. The Bertz CT molecular complexity index is 488. The van der Waals surface area contributed by atoms with Crippen LogP contribution in [-0.2, 0) is 19.6 Å². The van der Waals surface area contributed by atoms with Gasteiger partial charge in [0, 0.05) is 12.6 Å². The van der Waals surface area contributed by atoms with Crippen LogP contribution in [0, 0.1) is 0 Å². The standard InChI is InChI=1S/C13H25N3O4S/c1-13(10-16(8-9-20-13)21(3,18)19)12(17)14-11-4-6-15(2)7-5-11/h11H,4-10H2,1-3H3,(H,14,17). The average Bonchev–Trinajstić information content (AvgIpc) is 2.40. The van der Waals surface area contributed by atoms with Gasteiger partial charge in [-0.3, -0.25) is 4.79 Å². The fraction of sp³-hybridized carbons (Fsp3) is 0.923. The Labute approximate surface area is 126 Å². The van der Waals surface area contributed by atoms with Gasteiger partial charge in [-0.15, -0.1) is 0 Å². The summed E-state index contributed by atoms with van der Waals surface area (Å²) in [5.41, 5.74) is -1.11. The van der Waals surface area contributed by atoms with Crippen LogP contribution in [0.25, 0.3) is 0 Å². The van der Waals surface area contributed by atoms with Crippen molar-refractivity contribution in [3.8, 4) is 0 Å². The number of ether oxygens (including phenoxy) is 1. The van der Waals surface area contributed by atoms with Gasteiger partial charge < -0.3 is 15.0 Å². The Hall–Kier alpha value is -0.700. The lowest BCUT2D eigenvalue weighted by atomic mass is 10.0. The number of piperidine rings is 1. The molecule has 0 bridgehead atoms. The topological polar surface area (TPSA) is 79.0 Å². The minimum atomic E-state index is -3.30. The zero-order chi connectivity index (χ0) is 15.7. The molecule has 1 atom stereocenters. The molecule has 0 radical (unpaired) electrons. The van der Waals surface area contributed by atoms with Crippen molar-refractivity contribution in [3.05, 3.63) is 0 Å². The number of hydrogen-bond donors (Lipinski definition) is 1. The maximum Gasteiger partial charge on any atom is 0.253 e. The maximum absolute atomic E-state index is 12.5. The third-order valence-electron chi connectivity index (χ3n) is 4.24. The fourth-order valence-corrected chi connectivity index (χ4v) is 3.63. The summed E-state index contributed by atoms with van der Waals surface area (Å²) >= 11 is 0. The molecule has 2 heterocycles. The van der Waals surface area contributed by atoms with E-state index < -0.39 is 15.6 Å². The molecule has 2 rings (SSSR count). The zero-order valence-corrected chi connectivity index (χ0v) is 13.8. The van der Waals surface area contributed by atoms with Crippen LogP contribution in [0.3, 0.4) is 0 Å². The number of hydrogen-bond acceptors (Lipinski definition) is 5. The number of likely N-dealkylation sites (tertiary alicyclic amines) is 1. The van der Waals surface area contributed by atoms with E-state index >= 15 is 0 Å². The largest absolute Gasteiger partial charge is 0.363 e. The molecule has 1 unspecified atom stereocenters. The Morgan fingerprint density at radius 2 is 1.90 bits per heavy atom. The van der Waals surface area contributed by atoms with E-state index in [1.807, 2.05) is 0 Å². The van der Waals surface area contributed by atoms with E-state index in [0.717, 1.165) is 32.2 Å². The molecule has 0 aliphatic carbocycles. The van der Waals surface area contributed by atoms with Gasteiger partial charge in [-0.05, 0) is 39.9 Å². The molecule has 2 aliphatic heterocycles. The highest BCUT2D eigenvalue weighted by Crippen LogP contribution is 2.21. The van der Waals surface area contributed by atoms with E-state index in [1.54, 1.807) is 6.92 Å². The Morgan fingerprint density at radius 3 is 2.48 bits per heavy atom. The van der Waals surface area contributed by atoms with Gasteiger partial charge in [-0.1, -0.05) is 0 Å². The van der Waals surface area contributed by atoms with Crippen LogP contribution >= 0.6 is 0 Å². The summed E-state index contributed by atoms with van der Waals surface area (Å²) in [5.74, 6) is -0.217. The van der Waals surface area contributed by atoms with Gasteiger partial charge in [0.15, 0.2) is 5.60 Å². The van der Waals surface area contributed by atoms with Crippen molar-refractivity contribution in [2.75, 3.05) is 46.1 Å². The molecular weight excluding hydrogens is 294 g/mol. The van der Waals surface area contributed by atoms with Crippen LogP contribution in [-0.4, -0.2) is 81.3 Å². The molecule has 21 heavy (non-hydrogen) atoms. The monoisotopic (exact) mass is 319 g/mol. The van der Waals surface area contributed by atoms with Gasteiger partial charge in [0.2, 0.25) is 10.0 Å². The van der Waals surface area contributed by atoms with Crippen molar-refractivity contribution in [1.29, 1.82) is 0 Å². The fourth-order valence-electron chi connectivity index (χ4n) is 2.75. The molecule has 0 aromatic heterocycles. The SMILES string of the molecule is CN1CCC(NC(=O)C2(C)CN(S(C)(=O)=O)CCO2)CC1. The summed E-state index contributed by atoms with van der Waals surface area (Å²) in [6.07, 6.45) is 2.98. The second-order valence-electron chi connectivity index (χ2n) is 6.23. The van der Waals surface area contributed by atoms with Crippen molar-refractivity contribution >= 4 is 15.9 Å². The third-order valence-corrected chi connectivity index (χ3v) is 5.49. The van der Waals surface area contributed by atoms with Crippen LogP contribution in [0.4, 0.5) is 0 Å².